The molecular formula is C13H19N3O2. The van der Waals surface area contributed by atoms with Crippen molar-refractivity contribution in [3.05, 3.63) is 22.9 Å². The molecule has 0 unspecified atom stereocenters. The summed E-state index contributed by atoms with van der Waals surface area (Å²) in [5, 5.41) is 11.3. The molecule has 0 spiro atoms. The SMILES string of the molecule is Cc1cc(C)c(C(=O)O)c(NN2CCCCC2)n1. The number of hydrogen-bond acceptors (Lipinski definition) is 4. The minimum atomic E-state index is -0.931. The van der Waals surface area contributed by atoms with Gasteiger partial charge in [-0.25, -0.2) is 14.8 Å². The number of nitrogens with zero attached hydrogens (tertiary/aromatic N) is 2. The predicted octanol–water partition coefficient (Wildman–Crippen LogP) is 2.21. The molecule has 0 atom stereocenters. The molecule has 1 saturated heterocycles. The van der Waals surface area contributed by atoms with Crippen molar-refractivity contribution in [3.63, 3.8) is 0 Å². The molecule has 0 amide bonds. The van der Waals surface area contributed by atoms with Crippen LogP contribution in [0.3, 0.4) is 0 Å². The van der Waals surface area contributed by atoms with Crippen LogP contribution in [0.15, 0.2) is 6.07 Å². The van der Waals surface area contributed by atoms with Crippen LogP contribution in [-0.2, 0) is 0 Å². The van der Waals surface area contributed by atoms with Crippen LogP contribution in [0.1, 0.15) is 40.9 Å². The number of pyridine rings is 1. The highest BCUT2D eigenvalue weighted by atomic mass is 16.4. The summed E-state index contributed by atoms with van der Waals surface area (Å²) < 4.78 is 0. The summed E-state index contributed by atoms with van der Waals surface area (Å²) in [6, 6.07) is 1.80. The first kappa shape index (κ1) is 12.8. The van der Waals surface area contributed by atoms with E-state index in [-0.39, 0.29) is 5.56 Å². The zero-order valence-corrected chi connectivity index (χ0v) is 10.9. The van der Waals surface area contributed by atoms with Gasteiger partial charge in [-0.05, 0) is 38.3 Å². The lowest BCUT2D eigenvalue weighted by molar-refractivity contribution is 0.0696. The van der Waals surface area contributed by atoms with Gasteiger partial charge in [0, 0.05) is 18.8 Å². The van der Waals surface area contributed by atoms with Gasteiger partial charge >= 0.3 is 5.97 Å². The standard InChI is InChI=1S/C13H19N3O2/c1-9-8-10(2)14-12(11(9)13(17)18)15-16-6-4-3-5-7-16/h8H,3-7H2,1-2H3,(H,14,15)(H,17,18). The molecule has 0 aliphatic carbocycles. The number of carboxylic acids is 1. The van der Waals surface area contributed by atoms with E-state index in [2.05, 4.69) is 15.4 Å². The van der Waals surface area contributed by atoms with Crippen LogP contribution in [0.25, 0.3) is 0 Å². The van der Waals surface area contributed by atoms with Gasteiger partial charge in [-0.1, -0.05) is 6.42 Å². The van der Waals surface area contributed by atoms with E-state index in [1.807, 2.05) is 6.92 Å². The molecular weight excluding hydrogens is 230 g/mol. The predicted molar refractivity (Wildman–Crippen MR) is 69.7 cm³/mol. The van der Waals surface area contributed by atoms with E-state index in [1.54, 1.807) is 13.0 Å². The van der Waals surface area contributed by atoms with Gasteiger partial charge in [0.05, 0.1) is 0 Å². The Morgan fingerprint density at radius 1 is 1.33 bits per heavy atom. The van der Waals surface area contributed by atoms with E-state index in [9.17, 15) is 9.90 Å². The summed E-state index contributed by atoms with van der Waals surface area (Å²) in [5.74, 6) is -0.471. The summed E-state index contributed by atoms with van der Waals surface area (Å²) in [6.45, 7) is 5.56. The Bertz CT molecular complexity index is 454. The number of carbonyl (C=O) groups is 1. The van der Waals surface area contributed by atoms with Crippen molar-refractivity contribution >= 4 is 11.8 Å². The lowest BCUT2D eigenvalue weighted by Gasteiger charge is -2.28. The molecule has 0 aromatic carbocycles. The Balaban J connectivity index is 2.27. The topological polar surface area (TPSA) is 65.5 Å². The second-order valence-corrected chi connectivity index (χ2v) is 4.77. The highest BCUT2D eigenvalue weighted by Gasteiger charge is 2.18. The van der Waals surface area contributed by atoms with Crippen molar-refractivity contribution in [2.45, 2.75) is 33.1 Å². The summed E-state index contributed by atoms with van der Waals surface area (Å²) in [5.41, 5.74) is 5.00. The first-order valence-electron chi connectivity index (χ1n) is 6.31. The molecule has 0 saturated carbocycles. The third-order valence-electron chi connectivity index (χ3n) is 3.18. The van der Waals surface area contributed by atoms with Gasteiger partial charge in [0.15, 0.2) is 5.82 Å². The minimum Gasteiger partial charge on any atom is -0.478 e. The van der Waals surface area contributed by atoms with E-state index in [4.69, 9.17) is 0 Å². The number of aromatic carboxylic acids is 1. The molecule has 18 heavy (non-hydrogen) atoms. The lowest BCUT2D eigenvalue weighted by atomic mass is 10.1. The number of piperidine rings is 1. The molecule has 5 heteroatoms. The average molecular weight is 249 g/mol. The van der Waals surface area contributed by atoms with Gasteiger partial charge in [0.25, 0.3) is 0 Å². The smallest absolute Gasteiger partial charge is 0.339 e. The number of nitrogens with one attached hydrogen (secondary N) is 1. The zero-order valence-electron chi connectivity index (χ0n) is 10.9. The van der Waals surface area contributed by atoms with Gasteiger partial charge in [0.1, 0.15) is 5.56 Å². The number of carboxylic acid groups (broad SMARTS) is 1. The molecule has 1 aliphatic heterocycles. The van der Waals surface area contributed by atoms with Crippen LogP contribution < -0.4 is 5.43 Å². The van der Waals surface area contributed by atoms with E-state index < -0.39 is 5.97 Å². The number of hydrazine groups is 1. The lowest BCUT2D eigenvalue weighted by Crippen LogP contribution is -2.36. The van der Waals surface area contributed by atoms with E-state index in [1.165, 1.54) is 6.42 Å². The fraction of sp³-hybridized carbons (Fsp3) is 0.538. The Morgan fingerprint density at radius 3 is 2.61 bits per heavy atom. The van der Waals surface area contributed by atoms with Crippen molar-refractivity contribution in [2.75, 3.05) is 18.5 Å². The molecule has 1 aliphatic rings. The van der Waals surface area contributed by atoms with Crippen molar-refractivity contribution in [1.29, 1.82) is 0 Å². The number of rotatable bonds is 3. The van der Waals surface area contributed by atoms with Gasteiger partial charge in [-0.3, -0.25) is 0 Å². The van der Waals surface area contributed by atoms with Crippen LogP contribution in [0, 0.1) is 13.8 Å². The van der Waals surface area contributed by atoms with Gasteiger partial charge in [-0.2, -0.15) is 0 Å². The van der Waals surface area contributed by atoms with Crippen molar-refractivity contribution in [2.24, 2.45) is 0 Å². The molecule has 5 nitrogen and oxygen atoms in total. The van der Waals surface area contributed by atoms with Crippen LogP contribution in [-0.4, -0.2) is 34.2 Å². The Morgan fingerprint density at radius 2 is 2.00 bits per heavy atom. The first-order chi connectivity index (χ1) is 8.58. The molecule has 1 fully saturated rings. The molecule has 1 aromatic rings. The molecule has 2 rings (SSSR count). The van der Waals surface area contributed by atoms with Crippen molar-refractivity contribution in [1.82, 2.24) is 9.99 Å². The highest BCUT2D eigenvalue weighted by Crippen LogP contribution is 2.20. The Kier molecular flexibility index (Phi) is 3.81. The molecule has 0 radical (unpaired) electrons. The van der Waals surface area contributed by atoms with Crippen molar-refractivity contribution < 1.29 is 9.90 Å². The maximum absolute atomic E-state index is 11.3. The van der Waals surface area contributed by atoms with Crippen LogP contribution in [0.5, 0.6) is 0 Å². The summed E-state index contributed by atoms with van der Waals surface area (Å²) in [6.07, 6.45) is 3.52. The van der Waals surface area contributed by atoms with E-state index in [0.717, 1.165) is 37.2 Å². The summed E-state index contributed by atoms with van der Waals surface area (Å²) in [7, 11) is 0. The second-order valence-electron chi connectivity index (χ2n) is 4.77. The fourth-order valence-corrected chi connectivity index (χ4v) is 2.34. The highest BCUT2D eigenvalue weighted by molar-refractivity contribution is 5.94. The molecule has 98 valence electrons. The Hall–Kier alpha value is -1.62. The Labute approximate surface area is 107 Å². The largest absolute Gasteiger partial charge is 0.478 e. The zero-order chi connectivity index (χ0) is 13.1. The van der Waals surface area contributed by atoms with Crippen LogP contribution in [0.4, 0.5) is 5.82 Å². The summed E-state index contributed by atoms with van der Waals surface area (Å²) >= 11 is 0. The monoisotopic (exact) mass is 249 g/mol. The average Bonchev–Trinajstić information content (AvgIpc) is 2.28. The third-order valence-corrected chi connectivity index (χ3v) is 3.18. The number of hydrogen-bond donors (Lipinski definition) is 2. The summed E-state index contributed by atoms with van der Waals surface area (Å²) in [4.78, 5) is 15.6. The quantitative estimate of drug-likeness (QED) is 0.859. The number of aryl methyl sites for hydroxylation is 2. The normalized spacial score (nSPS) is 16.6. The maximum atomic E-state index is 11.3. The van der Waals surface area contributed by atoms with E-state index >= 15 is 0 Å². The van der Waals surface area contributed by atoms with Crippen molar-refractivity contribution in [3.8, 4) is 0 Å². The third kappa shape index (κ3) is 2.79. The van der Waals surface area contributed by atoms with Gasteiger partial charge < -0.3 is 10.5 Å². The van der Waals surface area contributed by atoms with Crippen LogP contribution in [0.2, 0.25) is 0 Å². The minimum absolute atomic E-state index is 0.270. The van der Waals surface area contributed by atoms with Gasteiger partial charge in [0.2, 0.25) is 0 Å². The number of aromatic nitrogens is 1. The fourth-order valence-electron chi connectivity index (χ4n) is 2.34. The maximum Gasteiger partial charge on any atom is 0.339 e. The van der Waals surface area contributed by atoms with Gasteiger partial charge in [-0.15, -0.1) is 0 Å². The van der Waals surface area contributed by atoms with Crippen LogP contribution >= 0.6 is 0 Å². The molecule has 2 heterocycles. The molecule has 0 bridgehead atoms. The number of anilines is 1. The first-order valence-corrected chi connectivity index (χ1v) is 6.31. The molecule has 1 aromatic heterocycles. The van der Waals surface area contributed by atoms with E-state index in [0.29, 0.717) is 5.82 Å². The second kappa shape index (κ2) is 5.35. The molecule has 2 N–H and O–H groups in total.